The number of nitrogens with zero attached hydrogens (tertiary/aromatic N) is 3. The van der Waals surface area contributed by atoms with E-state index in [1.54, 1.807) is 7.05 Å². The average Bonchev–Trinajstić information content (AvgIpc) is 3.00. The third-order valence-electron chi connectivity index (χ3n) is 5.89. The Bertz CT molecular complexity index is 1220. The maximum Gasteiger partial charge on any atom is 0.0960 e. The van der Waals surface area contributed by atoms with E-state index in [0.717, 1.165) is 51.7 Å². The van der Waals surface area contributed by atoms with Crippen LogP contribution in [0.3, 0.4) is 0 Å². The zero-order valence-corrected chi connectivity index (χ0v) is 18.6. The zero-order valence-electron chi connectivity index (χ0n) is 18.6. The largest absolute Gasteiger partial charge is 0.401 e. The monoisotopic (exact) mass is 417 g/mol. The van der Waals surface area contributed by atoms with Gasteiger partial charge in [0.05, 0.1) is 27.8 Å². The highest BCUT2D eigenvalue weighted by molar-refractivity contribution is 6.06. The van der Waals surface area contributed by atoms with E-state index in [1.165, 1.54) is 5.01 Å². The summed E-state index contributed by atoms with van der Waals surface area (Å²) in [6.07, 6.45) is 11.5. The molecule has 0 bridgehead atoms. The average molecular weight is 418 g/mol. The molecule has 1 atom stereocenters. The van der Waals surface area contributed by atoms with Crippen molar-refractivity contribution in [3.05, 3.63) is 71.6 Å². The molecule has 0 aliphatic heterocycles. The van der Waals surface area contributed by atoms with Gasteiger partial charge in [-0.3, -0.25) is 4.98 Å². The lowest BCUT2D eigenvalue weighted by Crippen LogP contribution is -2.26. The van der Waals surface area contributed by atoms with Crippen LogP contribution in [0.5, 0.6) is 0 Å². The van der Waals surface area contributed by atoms with E-state index in [4.69, 9.17) is 16.6 Å². The molecule has 1 aliphatic carbocycles. The highest BCUT2D eigenvalue weighted by Gasteiger charge is 2.21. The van der Waals surface area contributed by atoms with E-state index >= 15 is 0 Å². The van der Waals surface area contributed by atoms with E-state index in [0.29, 0.717) is 11.6 Å². The van der Waals surface area contributed by atoms with Gasteiger partial charge in [0.25, 0.3) is 0 Å². The Morgan fingerprint density at radius 2 is 2.03 bits per heavy atom. The first-order chi connectivity index (χ1) is 14.7. The van der Waals surface area contributed by atoms with E-state index in [-0.39, 0.29) is 0 Å². The van der Waals surface area contributed by atoms with E-state index < -0.39 is 5.60 Å². The number of hydrogen-bond acceptors (Lipinski definition) is 5. The standard InChI is InChI=1S/C25H31N5O/c1-16(26)24(29(4)27)18-12-22-23(28-14-18)20-11-10-19(25(2,3)31)13-21(20)30(22)15-17-8-6-5-7-9-17/h5-8,10-14,17,31H,9,15,26-27H2,1-4H3/b24-16-. The number of hydrogen-bond donors (Lipinski definition) is 3. The fraction of sp³-hybridized carbons (Fsp3) is 0.320. The minimum atomic E-state index is -0.920. The Morgan fingerprint density at radius 1 is 1.26 bits per heavy atom. The number of hydrazine groups is 1. The van der Waals surface area contributed by atoms with Crippen molar-refractivity contribution in [2.45, 2.75) is 39.3 Å². The lowest BCUT2D eigenvalue weighted by molar-refractivity contribution is 0.0787. The van der Waals surface area contributed by atoms with Crippen molar-refractivity contribution in [1.29, 1.82) is 0 Å². The summed E-state index contributed by atoms with van der Waals surface area (Å²) in [5, 5.41) is 13.2. The molecule has 6 heteroatoms. The summed E-state index contributed by atoms with van der Waals surface area (Å²) >= 11 is 0. The Labute approximate surface area is 183 Å². The third-order valence-corrected chi connectivity index (χ3v) is 5.89. The molecule has 2 heterocycles. The number of pyridine rings is 1. The zero-order chi connectivity index (χ0) is 22.3. The smallest absolute Gasteiger partial charge is 0.0960 e. The fourth-order valence-electron chi connectivity index (χ4n) is 4.37. The van der Waals surface area contributed by atoms with Crippen molar-refractivity contribution in [2.24, 2.45) is 17.5 Å². The number of aromatic nitrogens is 2. The number of benzene rings is 1. The van der Waals surface area contributed by atoms with Gasteiger partial charge >= 0.3 is 0 Å². The first-order valence-corrected chi connectivity index (χ1v) is 10.6. The summed E-state index contributed by atoms with van der Waals surface area (Å²) in [4.78, 5) is 4.81. The summed E-state index contributed by atoms with van der Waals surface area (Å²) in [6.45, 7) is 6.28. The van der Waals surface area contributed by atoms with Crippen LogP contribution in [-0.2, 0) is 12.1 Å². The van der Waals surface area contributed by atoms with Crippen LogP contribution in [0.1, 0.15) is 38.3 Å². The summed E-state index contributed by atoms with van der Waals surface area (Å²) < 4.78 is 2.31. The fourth-order valence-corrected chi connectivity index (χ4v) is 4.37. The molecule has 1 aliphatic rings. The molecule has 0 amide bonds. The molecule has 31 heavy (non-hydrogen) atoms. The van der Waals surface area contributed by atoms with Crippen molar-refractivity contribution < 1.29 is 5.11 Å². The number of fused-ring (bicyclic) bond motifs is 3. The van der Waals surface area contributed by atoms with Gasteiger partial charge in [-0.15, -0.1) is 0 Å². The molecular weight excluding hydrogens is 386 g/mol. The Balaban J connectivity index is 1.98. The molecule has 4 rings (SSSR count). The highest BCUT2D eigenvalue weighted by Crippen LogP contribution is 2.34. The summed E-state index contributed by atoms with van der Waals surface area (Å²) in [5.74, 6) is 6.45. The molecule has 0 saturated heterocycles. The molecule has 0 radical (unpaired) electrons. The van der Waals surface area contributed by atoms with Crippen molar-refractivity contribution in [2.75, 3.05) is 7.05 Å². The maximum atomic E-state index is 10.6. The predicted octanol–water partition coefficient (Wildman–Crippen LogP) is 4.00. The summed E-state index contributed by atoms with van der Waals surface area (Å²) in [6, 6.07) is 8.24. The van der Waals surface area contributed by atoms with Crippen LogP contribution in [0, 0.1) is 5.92 Å². The SMILES string of the molecule is C/C(N)=C(\c1cnc2c3ccc(C(C)(C)O)cc3n(CC3C=CC=CC3)c2c1)N(C)N. The Morgan fingerprint density at radius 3 is 2.65 bits per heavy atom. The lowest BCUT2D eigenvalue weighted by atomic mass is 9.97. The molecule has 3 aromatic rings. The second-order valence-electron chi connectivity index (χ2n) is 8.94. The summed E-state index contributed by atoms with van der Waals surface area (Å²) in [7, 11) is 1.78. The van der Waals surface area contributed by atoms with Gasteiger partial charge in [-0.05, 0) is 50.8 Å². The topological polar surface area (TPSA) is 93.3 Å². The van der Waals surface area contributed by atoms with Crippen LogP contribution >= 0.6 is 0 Å². The molecule has 2 aromatic heterocycles. The molecule has 5 N–H and O–H groups in total. The second kappa shape index (κ2) is 7.87. The Kier molecular flexibility index (Phi) is 5.37. The van der Waals surface area contributed by atoms with Crippen molar-refractivity contribution in [1.82, 2.24) is 14.6 Å². The first kappa shape index (κ1) is 21.2. The molecule has 0 saturated carbocycles. The molecule has 1 aromatic carbocycles. The number of aliphatic hydroxyl groups is 1. The van der Waals surface area contributed by atoms with Crippen LogP contribution in [0.15, 0.2) is 60.5 Å². The van der Waals surface area contributed by atoms with Gasteiger partial charge in [0.1, 0.15) is 0 Å². The van der Waals surface area contributed by atoms with Gasteiger partial charge in [-0.25, -0.2) is 5.84 Å². The predicted molar refractivity (Wildman–Crippen MR) is 128 cm³/mol. The minimum Gasteiger partial charge on any atom is -0.401 e. The van der Waals surface area contributed by atoms with Crippen LogP contribution < -0.4 is 11.6 Å². The van der Waals surface area contributed by atoms with E-state index in [1.807, 2.05) is 33.0 Å². The van der Waals surface area contributed by atoms with Crippen LogP contribution in [0.2, 0.25) is 0 Å². The summed E-state index contributed by atoms with van der Waals surface area (Å²) in [5.41, 5.74) is 11.4. The normalized spacial score (nSPS) is 17.4. The van der Waals surface area contributed by atoms with Gasteiger partial charge in [-0.1, -0.05) is 36.4 Å². The van der Waals surface area contributed by atoms with Gasteiger partial charge in [0.2, 0.25) is 0 Å². The second-order valence-corrected chi connectivity index (χ2v) is 8.94. The van der Waals surface area contributed by atoms with E-state index in [9.17, 15) is 5.11 Å². The number of rotatable bonds is 5. The van der Waals surface area contributed by atoms with Gasteiger partial charge < -0.3 is 20.4 Å². The van der Waals surface area contributed by atoms with Crippen LogP contribution in [0.4, 0.5) is 0 Å². The molecule has 0 spiro atoms. The molecular formula is C25H31N5O. The van der Waals surface area contributed by atoms with Crippen LogP contribution in [-0.4, -0.2) is 26.7 Å². The van der Waals surface area contributed by atoms with Crippen molar-refractivity contribution >= 4 is 27.6 Å². The lowest BCUT2D eigenvalue weighted by Gasteiger charge is -2.20. The molecule has 1 unspecified atom stereocenters. The molecule has 6 nitrogen and oxygen atoms in total. The maximum absolute atomic E-state index is 10.6. The number of allylic oxidation sites excluding steroid dienone is 5. The van der Waals surface area contributed by atoms with Crippen molar-refractivity contribution in [3.63, 3.8) is 0 Å². The quantitative estimate of drug-likeness (QED) is 0.431. The van der Waals surface area contributed by atoms with Gasteiger partial charge in [0.15, 0.2) is 0 Å². The third kappa shape index (κ3) is 3.96. The van der Waals surface area contributed by atoms with Gasteiger partial charge in [-0.2, -0.15) is 0 Å². The molecule has 0 fully saturated rings. The van der Waals surface area contributed by atoms with E-state index in [2.05, 4.69) is 47.1 Å². The minimum absolute atomic E-state index is 0.390. The first-order valence-electron chi connectivity index (χ1n) is 10.6. The highest BCUT2D eigenvalue weighted by atomic mass is 16.3. The Hall–Kier alpha value is -3.09. The van der Waals surface area contributed by atoms with Crippen molar-refractivity contribution in [3.8, 4) is 0 Å². The number of nitrogens with two attached hydrogens (primary N) is 2. The van der Waals surface area contributed by atoms with Gasteiger partial charge in [0, 0.05) is 36.4 Å². The van der Waals surface area contributed by atoms with Crippen LogP contribution in [0.25, 0.3) is 27.6 Å². The molecule has 162 valence electrons.